The third-order valence-electron chi connectivity index (χ3n) is 2.90. The number of ether oxygens (including phenoxy) is 1. The van der Waals surface area contributed by atoms with Gasteiger partial charge in [0.25, 0.3) is 5.91 Å². The molecule has 1 aromatic heterocycles. The second-order valence-corrected chi connectivity index (χ2v) is 4.77. The average molecular weight is 273 g/mol. The Bertz CT molecular complexity index is 522. The first-order valence-electron chi connectivity index (χ1n) is 6.69. The van der Waals surface area contributed by atoms with Gasteiger partial charge in [-0.15, -0.1) is 0 Å². The Morgan fingerprint density at radius 3 is 2.60 bits per heavy atom. The molecule has 2 atom stereocenters. The number of hydrogen-bond donors (Lipinski definition) is 1. The lowest BCUT2D eigenvalue weighted by molar-refractivity contribution is -0.127. The second kappa shape index (κ2) is 6.80. The van der Waals surface area contributed by atoms with Crippen molar-refractivity contribution in [2.24, 2.45) is 0 Å². The number of rotatable bonds is 6. The van der Waals surface area contributed by atoms with E-state index in [-0.39, 0.29) is 11.9 Å². The van der Waals surface area contributed by atoms with Crippen molar-refractivity contribution in [1.82, 2.24) is 5.32 Å². The van der Waals surface area contributed by atoms with Crippen molar-refractivity contribution in [2.45, 2.75) is 32.4 Å². The summed E-state index contributed by atoms with van der Waals surface area (Å²) in [4.78, 5) is 12.0. The first-order chi connectivity index (χ1) is 9.65. The topological polar surface area (TPSA) is 51.5 Å². The Kier molecular flexibility index (Phi) is 4.82. The Hall–Kier alpha value is -2.23. The molecule has 1 amide bonds. The van der Waals surface area contributed by atoms with E-state index in [0.29, 0.717) is 12.2 Å². The van der Waals surface area contributed by atoms with Crippen LogP contribution in [0.5, 0.6) is 5.75 Å². The predicted octanol–water partition coefficient (Wildman–Crippen LogP) is 2.79. The van der Waals surface area contributed by atoms with Gasteiger partial charge in [-0.2, -0.15) is 0 Å². The highest BCUT2D eigenvalue weighted by Crippen LogP contribution is 2.11. The molecule has 0 fully saturated rings. The summed E-state index contributed by atoms with van der Waals surface area (Å²) in [5.41, 5.74) is 0. The summed E-state index contributed by atoms with van der Waals surface area (Å²) in [5, 5.41) is 2.91. The van der Waals surface area contributed by atoms with Crippen LogP contribution in [-0.4, -0.2) is 18.1 Å². The number of para-hydroxylation sites is 1. The van der Waals surface area contributed by atoms with Crippen LogP contribution in [0.3, 0.4) is 0 Å². The lowest BCUT2D eigenvalue weighted by Gasteiger charge is -2.18. The third kappa shape index (κ3) is 4.16. The minimum Gasteiger partial charge on any atom is -0.481 e. The number of amides is 1. The Balaban J connectivity index is 1.81. The summed E-state index contributed by atoms with van der Waals surface area (Å²) in [7, 11) is 0. The minimum absolute atomic E-state index is 0.00419. The highest BCUT2D eigenvalue weighted by molar-refractivity contribution is 5.81. The van der Waals surface area contributed by atoms with Gasteiger partial charge in [0.1, 0.15) is 11.5 Å². The molecular formula is C16H19NO3. The van der Waals surface area contributed by atoms with Crippen LogP contribution in [0.4, 0.5) is 0 Å². The van der Waals surface area contributed by atoms with Gasteiger partial charge in [-0.25, -0.2) is 0 Å². The quantitative estimate of drug-likeness (QED) is 0.880. The van der Waals surface area contributed by atoms with E-state index in [2.05, 4.69) is 5.32 Å². The molecule has 0 aliphatic carbocycles. The van der Waals surface area contributed by atoms with E-state index in [1.807, 2.05) is 49.4 Å². The zero-order valence-corrected chi connectivity index (χ0v) is 11.7. The molecule has 106 valence electrons. The summed E-state index contributed by atoms with van der Waals surface area (Å²) >= 11 is 0. The van der Waals surface area contributed by atoms with E-state index in [4.69, 9.17) is 9.15 Å². The molecule has 4 heteroatoms. The van der Waals surface area contributed by atoms with Gasteiger partial charge in [-0.05, 0) is 38.1 Å². The fourth-order valence-electron chi connectivity index (χ4n) is 1.90. The van der Waals surface area contributed by atoms with Crippen molar-refractivity contribution in [1.29, 1.82) is 0 Å². The lowest BCUT2D eigenvalue weighted by atomic mass is 10.2. The molecule has 0 radical (unpaired) electrons. The van der Waals surface area contributed by atoms with Crippen LogP contribution in [0.25, 0.3) is 0 Å². The molecule has 20 heavy (non-hydrogen) atoms. The van der Waals surface area contributed by atoms with Crippen LogP contribution in [0.1, 0.15) is 19.6 Å². The molecule has 0 unspecified atom stereocenters. The standard InChI is InChI=1S/C16H19NO3/c1-12(11-15-9-6-10-19-15)17-16(18)13(2)20-14-7-4-3-5-8-14/h3-10,12-13H,11H2,1-2H3,(H,17,18)/t12-,13-/m1/s1. The van der Waals surface area contributed by atoms with E-state index in [1.165, 1.54) is 0 Å². The van der Waals surface area contributed by atoms with Crippen LogP contribution >= 0.6 is 0 Å². The predicted molar refractivity (Wildman–Crippen MR) is 76.5 cm³/mol. The third-order valence-corrected chi connectivity index (χ3v) is 2.90. The zero-order chi connectivity index (χ0) is 14.4. The lowest BCUT2D eigenvalue weighted by Crippen LogP contribution is -2.42. The number of hydrogen-bond acceptors (Lipinski definition) is 3. The van der Waals surface area contributed by atoms with Crippen LogP contribution < -0.4 is 10.1 Å². The molecule has 0 bridgehead atoms. The number of nitrogens with one attached hydrogen (secondary N) is 1. The van der Waals surface area contributed by atoms with Crippen LogP contribution in [0.15, 0.2) is 53.1 Å². The van der Waals surface area contributed by atoms with Crippen molar-refractivity contribution in [3.63, 3.8) is 0 Å². The molecule has 4 nitrogen and oxygen atoms in total. The van der Waals surface area contributed by atoms with E-state index in [1.54, 1.807) is 13.2 Å². The molecule has 0 spiro atoms. The number of carbonyl (C=O) groups excluding carboxylic acids is 1. The number of furan rings is 1. The van der Waals surface area contributed by atoms with E-state index >= 15 is 0 Å². The van der Waals surface area contributed by atoms with E-state index in [0.717, 1.165) is 5.76 Å². The number of benzene rings is 1. The van der Waals surface area contributed by atoms with Gasteiger partial charge in [-0.1, -0.05) is 18.2 Å². The number of carbonyl (C=O) groups is 1. The Morgan fingerprint density at radius 2 is 1.95 bits per heavy atom. The maximum Gasteiger partial charge on any atom is 0.260 e. The molecule has 0 saturated heterocycles. The van der Waals surface area contributed by atoms with Gasteiger partial charge in [0, 0.05) is 12.5 Å². The monoisotopic (exact) mass is 273 g/mol. The SMILES string of the molecule is C[C@H](Cc1ccco1)NC(=O)[C@@H](C)Oc1ccccc1. The molecule has 0 saturated carbocycles. The molecule has 0 aliphatic heterocycles. The smallest absolute Gasteiger partial charge is 0.260 e. The molecule has 1 N–H and O–H groups in total. The highest BCUT2D eigenvalue weighted by atomic mass is 16.5. The molecule has 1 aromatic carbocycles. The zero-order valence-electron chi connectivity index (χ0n) is 11.7. The second-order valence-electron chi connectivity index (χ2n) is 4.77. The maximum absolute atomic E-state index is 12.0. The summed E-state index contributed by atoms with van der Waals surface area (Å²) < 4.78 is 10.8. The van der Waals surface area contributed by atoms with Gasteiger partial charge in [0.2, 0.25) is 0 Å². The van der Waals surface area contributed by atoms with Crippen molar-refractivity contribution < 1.29 is 13.9 Å². The van der Waals surface area contributed by atoms with E-state index < -0.39 is 6.10 Å². The maximum atomic E-state index is 12.0. The average Bonchev–Trinajstić information content (AvgIpc) is 2.92. The first-order valence-corrected chi connectivity index (χ1v) is 6.69. The van der Waals surface area contributed by atoms with E-state index in [9.17, 15) is 4.79 Å². The largest absolute Gasteiger partial charge is 0.481 e. The van der Waals surface area contributed by atoms with Crippen LogP contribution in [-0.2, 0) is 11.2 Å². The van der Waals surface area contributed by atoms with Crippen molar-refractivity contribution >= 4 is 5.91 Å². The highest BCUT2D eigenvalue weighted by Gasteiger charge is 2.17. The first kappa shape index (κ1) is 14.2. The van der Waals surface area contributed by atoms with Gasteiger partial charge in [0.05, 0.1) is 6.26 Å². The van der Waals surface area contributed by atoms with Crippen LogP contribution in [0, 0.1) is 0 Å². The van der Waals surface area contributed by atoms with Crippen molar-refractivity contribution in [2.75, 3.05) is 0 Å². The van der Waals surface area contributed by atoms with Gasteiger partial charge < -0.3 is 14.5 Å². The van der Waals surface area contributed by atoms with Crippen molar-refractivity contribution in [3.8, 4) is 5.75 Å². The van der Waals surface area contributed by atoms with Gasteiger partial charge in [0.15, 0.2) is 6.10 Å². The van der Waals surface area contributed by atoms with Crippen molar-refractivity contribution in [3.05, 3.63) is 54.5 Å². The molecule has 0 aliphatic rings. The fourth-order valence-corrected chi connectivity index (χ4v) is 1.90. The summed E-state index contributed by atoms with van der Waals surface area (Å²) in [6.45, 7) is 3.68. The summed E-state index contributed by atoms with van der Waals surface area (Å²) in [5.74, 6) is 1.41. The normalized spacial score (nSPS) is 13.5. The molecular weight excluding hydrogens is 254 g/mol. The minimum atomic E-state index is -0.531. The molecule has 2 rings (SSSR count). The van der Waals surface area contributed by atoms with Gasteiger partial charge >= 0.3 is 0 Å². The Labute approximate surface area is 118 Å². The van der Waals surface area contributed by atoms with Gasteiger partial charge in [-0.3, -0.25) is 4.79 Å². The summed E-state index contributed by atoms with van der Waals surface area (Å²) in [6, 6.07) is 13.0. The fraction of sp³-hybridized carbons (Fsp3) is 0.312. The molecule has 1 heterocycles. The molecule has 2 aromatic rings. The van der Waals surface area contributed by atoms with Crippen LogP contribution in [0.2, 0.25) is 0 Å². The summed E-state index contributed by atoms with van der Waals surface area (Å²) in [6.07, 6.45) is 1.76. The Morgan fingerprint density at radius 1 is 1.20 bits per heavy atom.